The van der Waals surface area contributed by atoms with Crippen LogP contribution in [0.5, 0.6) is 0 Å². The molecule has 0 aliphatic rings. The van der Waals surface area contributed by atoms with Crippen molar-refractivity contribution in [2.75, 3.05) is 6.67 Å². The average molecular weight is 158 g/mol. The number of halogens is 4. The Balaban J connectivity index is 3.78. The highest BCUT2D eigenvalue weighted by Crippen LogP contribution is 2.25. The second-order valence-corrected chi connectivity index (χ2v) is 2.15. The third kappa shape index (κ3) is 2.54. The van der Waals surface area contributed by atoms with E-state index in [0.29, 0.717) is 6.42 Å². The van der Waals surface area contributed by atoms with Crippen molar-refractivity contribution in [1.82, 2.24) is 0 Å². The minimum atomic E-state index is -3.78. The van der Waals surface area contributed by atoms with E-state index < -0.39 is 18.8 Å². The van der Waals surface area contributed by atoms with Crippen LogP contribution in [0.25, 0.3) is 0 Å². The van der Waals surface area contributed by atoms with Gasteiger partial charge in [-0.2, -0.15) is 0 Å². The molecule has 0 spiro atoms. The monoisotopic (exact) mass is 158 g/mol. The largest absolute Gasteiger partial charge is 0.306 e. The van der Waals surface area contributed by atoms with E-state index in [1.807, 2.05) is 0 Å². The fourth-order valence-electron chi connectivity index (χ4n) is 0.548. The molecule has 0 amide bonds. The van der Waals surface area contributed by atoms with Gasteiger partial charge in [0.25, 0.3) is 0 Å². The van der Waals surface area contributed by atoms with Gasteiger partial charge >= 0.3 is 5.92 Å². The molecule has 0 N–H and O–H groups in total. The maximum atomic E-state index is 12.2. The lowest BCUT2D eigenvalue weighted by Crippen LogP contribution is -2.31. The van der Waals surface area contributed by atoms with Crippen LogP contribution in [0, 0.1) is 0 Å². The van der Waals surface area contributed by atoms with Gasteiger partial charge in [0.2, 0.25) is 0 Å². The van der Waals surface area contributed by atoms with Crippen molar-refractivity contribution >= 4 is 0 Å². The Morgan fingerprint density at radius 2 is 1.90 bits per heavy atom. The Morgan fingerprint density at radius 1 is 1.40 bits per heavy atom. The van der Waals surface area contributed by atoms with Gasteiger partial charge in [-0.1, -0.05) is 13.3 Å². The van der Waals surface area contributed by atoms with Crippen LogP contribution < -0.4 is 0 Å². The van der Waals surface area contributed by atoms with Crippen LogP contribution in [0.15, 0.2) is 0 Å². The SMILES string of the molecule is CCC[C@H](F)C(F)(F)CF. The maximum Gasteiger partial charge on any atom is 0.306 e. The highest BCUT2D eigenvalue weighted by atomic mass is 19.3. The number of hydrogen-bond donors (Lipinski definition) is 0. The van der Waals surface area contributed by atoms with Crippen LogP contribution in [-0.2, 0) is 0 Å². The topological polar surface area (TPSA) is 0 Å². The molecule has 62 valence electrons. The first-order valence-corrected chi connectivity index (χ1v) is 3.12. The summed E-state index contributed by atoms with van der Waals surface area (Å²) in [7, 11) is 0. The molecule has 0 bridgehead atoms. The van der Waals surface area contributed by atoms with Crippen molar-refractivity contribution in [2.24, 2.45) is 0 Å². The van der Waals surface area contributed by atoms with E-state index in [2.05, 4.69) is 0 Å². The minimum Gasteiger partial charge on any atom is -0.244 e. The average Bonchev–Trinajstić information content (AvgIpc) is 1.89. The Bertz CT molecular complexity index is 91.7. The molecule has 0 rings (SSSR count). The van der Waals surface area contributed by atoms with Crippen LogP contribution in [-0.4, -0.2) is 18.8 Å². The third-order valence-electron chi connectivity index (χ3n) is 1.18. The van der Waals surface area contributed by atoms with Gasteiger partial charge in [-0.3, -0.25) is 0 Å². The molecular weight excluding hydrogens is 148 g/mol. The van der Waals surface area contributed by atoms with Crippen LogP contribution in [0.4, 0.5) is 17.6 Å². The Morgan fingerprint density at radius 3 is 2.20 bits per heavy atom. The summed E-state index contributed by atoms with van der Waals surface area (Å²) in [5.41, 5.74) is 0. The predicted molar refractivity (Wildman–Crippen MR) is 30.7 cm³/mol. The highest BCUT2D eigenvalue weighted by molar-refractivity contribution is 4.75. The summed E-state index contributed by atoms with van der Waals surface area (Å²) >= 11 is 0. The smallest absolute Gasteiger partial charge is 0.244 e. The van der Waals surface area contributed by atoms with E-state index in [0.717, 1.165) is 0 Å². The summed E-state index contributed by atoms with van der Waals surface area (Å²) in [5.74, 6) is -3.78. The van der Waals surface area contributed by atoms with Gasteiger partial charge in [0.05, 0.1) is 0 Å². The van der Waals surface area contributed by atoms with Crippen molar-refractivity contribution in [1.29, 1.82) is 0 Å². The zero-order valence-corrected chi connectivity index (χ0v) is 5.71. The molecular formula is C6H10F4. The van der Waals surface area contributed by atoms with Crippen molar-refractivity contribution < 1.29 is 17.6 Å². The Labute approximate surface area is 57.2 Å². The van der Waals surface area contributed by atoms with E-state index in [9.17, 15) is 17.6 Å². The number of alkyl halides is 4. The fourth-order valence-corrected chi connectivity index (χ4v) is 0.548. The van der Waals surface area contributed by atoms with Gasteiger partial charge in [-0.25, -0.2) is 17.6 Å². The van der Waals surface area contributed by atoms with Crippen molar-refractivity contribution in [3.8, 4) is 0 Å². The van der Waals surface area contributed by atoms with Gasteiger partial charge in [0, 0.05) is 0 Å². The molecule has 0 fully saturated rings. The van der Waals surface area contributed by atoms with Crippen LogP contribution in [0.1, 0.15) is 19.8 Å². The predicted octanol–water partition coefficient (Wildman–Crippen LogP) is 2.73. The maximum absolute atomic E-state index is 12.2. The lowest BCUT2D eigenvalue weighted by atomic mass is 10.1. The van der Waals surface area contributed by atoms with E-state index in [1.54, 1.807) is 6.92 Å². The summed E-state index contributed by atoms with van der Waals surface area (Å²) in [4.78, 5) is 0. The molecule has 0 saturated carbocycles. The lowest BCUT2D eigenvalue weighted by molar-refractivity contribution is -0.0902. The molecule has 0 unspecified atom stereocenters. The molecule has 0 aromatic rings. The molecule has 0 aliphatic heterocycles. The first-order valence-electron chi connectivity index (χ1n) is 3.12. The van der Waals surface area contributed by atoms with Gasteiger partial charge < -0.3 is 0 Å². The molecule has 0 aromatic carbocycles. The molecule has 0 aliphatic carbocycles. The van der Waals surface area contributed by atoms with Gasteiger partial charge in [-0.05, 0) is 6.42 Å². The van der Waals surface area contributed by atoms with Crippen LogP contribution >= 0.6 is 0 Å². The molecule has 0 heterocycles. The molecule has 0 nitrogen and oxygen atoms in total. The van der Waals surface area contributed by atoms with Gasteiger partial charge in [0.1, 0.15) is 0 Å². The first kappa shape index (κ1) is 9.72. The third-order valence-corrected chi connectivity index (χ3v) is 1.18. The molecule has 10 heavy (non-hydrogen) atoms. The van der Waals surface area contributed by atoms with E-state index in [-0.39, 0.29) is 6.42 Å². The van der Waals surface area contributed by atoms with E-state index in [1.165, 1.54) is 0 Å². The quantitative estimate of drug-likeness (QED) is 0.552. The highest BCUT2D eigenvalue weighted by Gasteiger charge is 2.39. The standard InChI is InChI=1S/C6H10F4/c1-2-3-5(8)6(9,10)4-7/h5H,2-4H2,1H3/t5-/m0/s1. The summed E-state index contributed by atoms with van der Waals surface area (Å²) in [6.07, 6.45) is -2.31. The van der Waals surface area contributed by atoms with Gasteiger partial charge in [-0.15, -0.1) is 0 Å². The van der Waals surface area contributed by atoms with Gasteiger partial charge in [0.15, 0.2) is 12.8 Å². The summed E-state index contributed by atoms with van der Waals surface area (Å²) in [6.45, 7) is -0.338. The molecule has 0 radical (unpaired) electrons. The van der Waals surface area contributed by atoms with Crippen LogP contribution in [0.2, 0.25) is 0 Å². The number of hydrogen-bond acceptors (Lipinski definition) is 0. The van der Waals surface area contributed by atoms with E-state index >= 15 is 0 Å². The van der Waals surface area contributed by atoms with Crippen molar-refractivity contribution in [3.63, 3.8) is 0 Å². The second kappa shape index (κ2) is 3.78. The molecule has 1 atom stereocenters. The van der Waals surface area contributed by atoms with Crippen LogP contribution in [0.3, 0.4) is 0 Å². The normalized spacial score (nSPS) is 15.3. The van der Waals surface area contributed by atoms with Crippen molar-refractivity contribution in [2.45, 2.75) is 31.9 Å². The zero-order valence-electron chi connectivity index (χ0n) is 5.71. The first-order chi connectivity index (χ1) is 4.54. The molecule has 4 heteroatoms. The second-order valence-electron chi connectivity index (χ2n) is 2.15. The number of rotatable bonds is 4. The summed E-state index contributed by atoms with van der Waals surface area (Å²) < 4.78 is 47.5. The zero-order chi connectivity index (χ0) is 8.20. The fraction of sp³-hybridized carbons (Fsp3) is 1.00. The Kier molecular flexibility index (Phi) is 3.68. The lowest BCUT2D eigenvalue weighted by Gasteiger charge is -2.15. The Hall–Kier alpha value is -0.280. The summed E-state index contributed by atoms with van der Waals surface area (Å²) in [6, 6.07) is 0. The molecule has 0 saturated heterocycles. The van der Waals surface area contributed by atoms with E-state index in [4.69, 9.17) is 0 Å². The summed E-state index contributed by atoms with van der Waals surface area (Å²) in [5, 5.41) is 0. The molecule has 0 aromatic heterocycles. The van der Waals surface area contributed by atoms with Crippen molar-refractivity contribution in [3.05, 3.63) is 0 Å². The minimum absolute atomic E-state index is 0.281.